The van der Waals surface area contributed by atoms with Crippen LogP contribution in [0.1, 0.15) is 12.0 Å². The van der Waals surface area contributed by atoms with Gasteiger partial charge in [-0.2, -0.15) is 0 Å². The molecule has 0 aromatic heterocycles. The van der Waals surface area contributed by atoms with Crippen molar-refractivity contribution < 1.29 is 4.79 Å². The molecular formula is C13H19N3O. The third-order valence-corrected chi connectivity index (χ3v) is 3.32. The summed E-state index contributed by atoms with van der Waals surface area (Å²) in [5, 5.41) is 3.36. The molecule has 2 amide bonds. The van der Waals surface area contributed by atoms with Crippen LogP contribution in [0.4, 0.5) is 10.5 Å². The Bertz CT molecular complexity index is 399. The first kappa shape index (κ1) is 11.9. The second kappa shape index (κ2) is 5.19. The van der Waals surface area contributed by atoms with Crippen LogP contribution in [0.2, 0.25) is 0 Å². The molecule has 1 unspecified atom stereocenters. The smallest absolute Gasteiger partial charge is 0.318 e. The molecule has 4 heteroatoms. The van der Waals surface area contributed by atoms with E-state index in [1.165, 1.54) is 16.9 Å². The van der Waals surface area contributed by atoms with Gasteiger partial charge in [0.2, 0.25) is 0 Å². The number of primary amides is 1. The van der Waals surface area contributed by atoms with Crippen LogP contribution in [0.5, 0.6) is 0 Å². The molecule has 1 atom stereocenters. The molecule has 92 valence electrons. The van der Waals surface area contributed by atoms with E-state index in [1.807, 2.05) is 18.2 Å². The molecule has 1 aromatic carbocycles. The molecule has 3 N–H and O–H groups in total. The number of urea groups is 1. The third-order valence-electron chi connectivity index (χ3n) is 3.32. The molecule has 4 nitrogen and oxygen atoms in total. The van der Waals surface area contributed by atoms with E-state index < -0.39 is 6.03 Å². The summed E-state index contributed by atoms with van der Waals surface area (Å²) >= 11 is 0. The van der Waals surface area contributed by atoms with Crippen LogP contribution >= 0.6 is 0 Å². The summed E-state index contributed by atoms with van der Waals surface area (Å²) in [4.78, 5) is 12.6. The fourth-order valence-electron chi connectivity index (χ4n) is 2.24. The van der Waals surface area contributed by atoms with Crippen molar-refractivity contribution in [2.75, 3.05) is 25.0 Å². The van der Waals surface area contributed by atoms with Gasteiger partial charge in [-0.05, 0) is 49.5 Å². The van der Waals surface area contributed by atoms with Crippen LogP contribution < -0.4 is 16.0 Å². The first-order valence-electron chi connectivity index (χ1n) is 5.99. The molecule has 1 aliphatic heterocycles. The zero-order valence-electron chi connectivity index (χ0n) is 10.1. The lowest BCUT2D eigenvalue weighted by atomic mass is 9.98. The van der Waals surface area contributed by atoms with E-state index in [2.05, 4.69) is 11.4 Å². The van der Waals surface area contributed by atoms with Gasteiger partial charge in [0, 0.05) is 12.7 Å². The molecule has 1 fully saturated rings. The number of nitrogens with one attached hydrogen (secondary N) is 1. The highest BCUT2D eigenvalue weighted by Crippen LogP contribution is 2.19. The summed E-state index contributed by atoms with van der Waals surface area (Å²) in [6.07, 6.45) is 2.29. The Hall–Kier alpha value is -1.55. The SMILES string of the molecule is CN(C(N)=O)c1cccc(CC2CCNC2)c1. The summed E-state index contributed by atoms with van der Waals surface area (Å²) in [6, 6.07) is 7.61. The van der Waals surface area contributed by atoms with Gasteiger partial charge < -0.3 is 11.1 Å². The highest BCUT2D eigenvalue weighted by Gasteiger charge is 2.15. The first-order chi connectivity index (χ1) is 8.16. The van der Waals surface area contributed by atoms with Gasteiger partial charge in [-0.25, -0.2) is 4.79 Å². The number of carbonyl (C=O) groups is 1. The lowest BCUT2D eigenvalue weighted by Crippen LogP contribution is -2.31. The second-order valence-corrected chi connectivity index (χ2v) is 4.63. The monoisotopic (exact) mass is 233 g/mol. The quantitative estimate of drug-likeness (QED) is 0.828. The number of anilines is 1. The molecule has 1 heterocycles. The van der Waals surface area contributed by atoms with E-state index in [-0.39, 0.29) is 0 Å². The lowest BCUT2D eigenvalue weighted by molar-refractivity contribution is 0.255. The highest BCUT2D eigenvalue weighted by molar-refractivity contribution is 5.90. The largest absolute Gasteiger partial charge is 0.351 e. The average Bonchev–Trinajstić information content (AvgIpc) is 2.81. The predicted octanol–water partition coefficient (Wildman–Crippen LogP) is 1.35. The van der Waals surface area contributed by atoms with Gasteiger partial charge >= 0.3 is 6.03 Å². The molecule has 1 aromatic rings. The number of benzene rings is 1. The normalized spacial score (nSPS) is 19.2. The van der Waals surface area contributed by atoms with Gasteiger partial charge in [0.1, 0.15) is 0 Å². The minimum atomic E-state index is -0.426. The molecule has 1 saturated heterocycles. The Morgan fingerprint density at radius 2 is 2.41 bits per heavy atom. The number of nitrogens with two attached hydrogens (primary N) is 1. The Balaban J connectivity index is 2.07. The molecule has 1 aliphatic rings. The van der Waals surface area contributed by atoms with Gasteiger partial charge in [0.15, 0.2) is 0 Å². The van der Waals surface area contributed by atoms with E-state index in [1.54, 1.807) is 7.05 Å². The minimum absolute atomic E-state index is 0.426. The molecule has 2 rings (SSSR count). The topological polar surface area (TPSA) is 58.4 Å². The van der Waals surface area contributed by atoms with E-state index >= 15 is 0 Å². The first-order valence-corrected chi connectivity index (χ1v) is 5.99. The van der Waals surface area contributed by atoms with Crippen molar-refractivity contribution >= 4 is 11.7 Å². The number of rotatable bonds is 3. The summed E-state index contributed by atoms with van der Waals surface area (Å²) < 4.78 is 0. The van der Waals surface area contributed by atoms with E-state index in [9.17, 15) is 4.79 Å². The number of nitrogens with zero attached hydrogens (tertiary/aromatic N) is 1. The fraction of sp³-hybridized carbons (Fsp3) is 0.462. The zero-order valence-corrected chi connectivity index (χ0v) is 10.1. The Morgan fingerprint density at radius 3 is 3.06 bits per heavy atom. The number of carbonyl (C=O) groups excluding carboxylic acids is 1. The third kappa shape index (κ3) is 2.97. The van der Waals surface area contributed by atoms with Crippen molar-refractivity contribution in [1.82, 2.24) is 5.32 Å². The van der Waals surface area contributed by atoms with Crippen LogP contribution in [0.15, 0.2) is 24.3 Å². The molecular weight excluding hydrogens is 214 g/mol. The predicted molar refractivity (Wildman–Crippen MR) is 69.1 cm³/mol. The summed E-state index contributed by atoms with van der Waals surface area (Å²) in [7, 11) is 1.69. The minimum Gasteiger partial charge on any atom is -0.351 e. The lowest BCUT2D eigenvalue weighted by Gasteiger charge is -2.16. The highest BCUT2D eigenvalue weighted by atomic mass is 16.2. The number of hydrogen-bond donors (Lipinski definition) is 2. The molecule has 0 aliphatic carbocycles. The van der Waals surface area contributed by atoms with E-state index in [0.29, 0.717) is 5.92 Å². The molecule has 0 bridgehead atoms. The van der Waals surface area contributed by atoms with Gasteiger partial charge in [0.05, 0.1) is 0 Å². The standard InChI is InChI=1S/C13H19N3O/c1-16(13(14)17)12-4-2-3-10(8-12)7-11-5-6-15-9-11/h2-4,8,11,15H,5-7,9H2,1H3,(H2,14,17). The maximum Gasteiger partial charge on any atom is 0.318 e. The van der Waals surface area contributed by atoms with E-state index in [0.717, 1.165) is 25.2 Å². The molecule has 0 spiro atoms. The van der Waals surface area contributed by atoms with Crippen molar-refractivity contribution in [1.29, 1.82) is 0 Å². The average molecular weight is 233 g/mol. The van der Waals surface area contributed by atoms with Crippen molar-refractivity contribution in [3.8, 4) is 0 Å². The van der Waals surface area contributed by atoms with Crippen LogP contribution in [0, 0.1) is 5.92 Å². The Labute approximate surface area is 102 Å². The molecule has 0 radical (unpaired) electrons. The summed E-state index contributed by atoms with van der Waals surface area (Å²) in [5.74, 6) is 0.712. The van der Waals surface area contributed by atoms with Crippen molar-refractivity contribution in [2.45, 2.75) is 12.8 Å². The Kier molecular flexibility index (Phi) is 3.64. The van der Waals surface area contributed by atoms with Crippen molar-refractivity contribution in [3.63, 3.8) is 0 Å². The van der Waals surface area contributed by atoms with Gasteiger partial charge in [0.25, 0.3) is 0 Å². The van der Waals surface area contributed by atoms with Crippen LogP contribution in [-0.2, 0) is 6.42 Å². The molecule has 17 heavy (non-hydrogen) atoms. The van der Waals surface area contributed by atoms with Crippen LogP contribution in [0.25, 0.3) is 0 Å². The molecule has 0 saturated carbocycles. The van der Waals surface area contributed by atoms with Gasteiger partial charge in [-0.3, -0.25) is 4.90 Å². The van der Waals surface area contributed by atoms with Crippen molar-refractivity contribution in [2.24, 2.45) is 11.7 Å². The number of amides is 2. The van der Waals surface area contributed by atoms with Crippen LogP contribution in [-0.4, -0.2) is 26.2 Å². The van der Waals surface area contributed by atoms with E-state index in [4.69, 9.17) is 5.73 Å². The van der Waals surface area contributed by atoms with Crippen molar-refractivity contribution in [3.05, 3.63) is 29.8 Å². The zero-order chi connectivity index (χ0) is 12.3. The fourth-order valence-corrected chi connectivity index (χ4v) is 2.24. The second-order valence-electron chi connectivity index (χ2n) is 4.63. The Morgan fingerprint density at radius 1 is 1.59 bits per heavy atom. The van der Waals surface area contributed by atoms with Gasteiger partial charge in [-0.15, -0.1) is 0 Å². The maximum atomic E-state index is 11.1. The maximum absolute atomic E-state index is 11.1. The number of hydrogen-bond acceptors (Lipinski definition) is 2. The summed E-state index contributed by atoms with van der Waals surface area (Å²) in [5.41, 5.74) is 7.39. The summed E-state index contributed by atoms with van der Waals surface area (Å²) in [6.45, 7) is 2.21. The van der Waals surface area contributed by atoms with Gasteiger partial charge in [-0.1, -0.05) is 12.1 Å². The van der Waals surface area contributed by atoms with Crippen LogP contribution in [0.3, 0.4) is 0 Å².